The third-order valence-corrected chi connectivity index (χ3v) is 6.71. The molecule has 0 N–H and O–H groups in total. The Morgan fingerprint density at radius 1 is 1.11 bits per heavy atom. The Hall–Kier alpha value is -3.98. The van der Waals surface area contributed by atoms with Crippen molar-refractivity contribution in [2.75, 3.05) is 13.7 Å². The molecule has 0 radical (unpaired) electrons. The molecule has 0 saturated heterocycles. The van der Waals surface area contributed by atoms with E-state index in [2.05, 4.69) is 4.99 Å². The average molecular weight is 521 g/mol. The lowest BCUT2D eigenvalue weighted by molar-refractivity contribution is -0.139. The number of thiazole rings is 1. The van der Waals surface area contributed by atoms with Gasteiger partial charge in [0.25, 0.3) is 5.56 Å². The van der Waals surface area contributed by atoms with Gasteiger partial charge in [-0.25, -0.2) is 14.6 Å². The van der Waals surface area contributed by atoms with Gasteiger partial charge < -0.3 is 14.2 Å². The van der Waals surface area contributed by atoms with Gasteiger partial charge in [-0.15, -0.1) is 0 Å². The molecule has 4 rings (SSSR count). The number of rotatable bonds is 7. The van der Waals surface area contributed by atoms with Crippen molar-refractivity contribution in [1.29, 1.82) is 0 Å². The summed E-state index contributed by atoms with van der Waals surface area (Å²) in [6, 6.07) is 13.4. The van der Waals surface area contributed by atoms with Crippen LogP contribution in [-0.2, 0) is 14.3 Å². The van der Waals surface area contributed by atoms with Crippen molar-refractivity contribution in [3.8, 4) is 5.75 Å². The quantitative estimate of drug-likeness (QED) is 0.443. The Bertz CT molecular complexity index is 1550. The van der Waals surface area contributed by atoms with E-state index in [-0.39, 0.29) is 18.3 Å². The number of ether oxygens (including phenoxy) is 3. The number of methoxy groups -OCH3 is 1. The molecule has 1 aliphatic heterocycles. The Morgan fingerprint density at radius 2 is 1.81 bits per heavy atom. The molecule has 0 spiro atoms. The van der Waals surface area contributed by atoms with E-state index >= 15 is 0 Å². The topological polar surface area (TPSA) is 96.2 Å². The maximum Gasteiger partial charge on any atom is 0.338 e. The van der Waals surface area contributed by atoms with E-state index in [1.807, 2.05) is 38.1 Å². The first kappa shape index (κ1) is 26.1. The zero-order valence-corrected chi connectivity index (χ0v) is 22.1. The zero-order chi connectivity index (χ0) is 26.7. The number of fused-ring (bicyclic) bond motifs is 1. The van der Waals surface area contributed by atoms with E-state index in [0.717, 1.165) is 5.56 Å². The Balaban J connectivity index is 1.91. The molecule has 0 unspecified atom stereocenters. The molecule has 0 fully saturated rings. The number of allylic oxidation sites excluding steroid dienone is 1. The molecule has 8 nitrogen and oxygen atoms in total. The summed E-state index contributed by atoms with van der Waals surface area (Å²) in [5.41, 5.74) is 2.31. The second-order valence-electron chi connectivity index (χ2n) is 8.62. The normalized spacial score (nSPS) is 15.3. The molecule has 1 atom stereocenters. The number of aromatic nitrogens is 1. The van der Waals surface area contributed by atoms with Crippen molar-refractivity contribution in [2.24, 2.45) is 4.99 Å². The Morgan fingerprint density at radius 3 is 2.46 bits per heavy atom. The third kappa shape index (κ3) is 5.27. The van der Waals surface area contributed by atoms with Crippen LogP contribution in [0, 0.1) is 0 Å². The van der Waals surface area contributed by atoms with Crippen molar-refractivity contribution in [2.45, 2.75) is 39.8 Å². The van der Waals surface area contributed by atoms with Crippen molar-refractivity contribution >= 4 is 29.4 Å². The van der Waals surface area contributed by atoms with Gasteiger partial charge in [0.15, 0.2) is 4.80 Å². The average Bonchev–Trinajstić information content (AvgIpc) is 3.17. The summed E-state index contributed by atoms with van der Waals surface area (Å²) in [5.74, 6) is -0.386. The minimum atomic E-state index is -0.769. The number of carbonyl (C=O) groups is 2. The van der Waals surface area contributed by atoms with Crippen LogP contribution >= 0.6 is 11.3 Å². The lowest BCUT2D eigenvalue weighted by Gasteiger charge is -2.26. The standard InChI is InChI=1S/C28H28N2O6S/c1-6-35-27(33)23-17(4)29-28-30(24(23)20-9-7-8-10-21(20)36-16(2)3)25(31)22(37-28)15-18-11-13-19(14-12-18)26(32)34-5/h7-16,24H,6H2,1-5H3/b22-15+/t24-/m0/s1. The van der Waals surface area contributed by atoms with E-state index in [1.165, 1.54) is 23.0 Å². The minimum Gasteiger partial charge on any atom is -0.491 e. The fourth-order valence-corrected chi connectivity index (χ4v) is 5.18. The molecular weight excluding hydrogens is 492 g/mol. The fourth-order valence-electron chi connectivity index (χ4n) is 4.14. The highest BCUT2D eigenvalue weighted by Gasteiger charge is 2.35. The number of hydrogen-bond acceptors (Lipinski definition) is 8. The predicted octanol–water partition coefficient (Wildman–Crippen LogP) is 3.37. The third-order valence-electron chi connectivity index (χ3n) is 5.72. The first-order valence-electron chi connectivity index (χ1n) is 11.9. The van der Waals surface area contributed by atoms with E-state index < -0.39 is 18.0 Å². The van der Waals surface area contributed by atoms with Crippen LogP contribution in [0.2, 0.25) is 0 Å². The predicted molar refractivity (Wildman–Crippen MR) is 140 cm³/mol. The molecular formula is C28H28N2O6S. The summed E-state index contributed by atoms with van der Waals surface area (Å²) >= 11 is 1.23. The number of hydrogen-bond donors (Lipinski definition) is 0. The molecule has 192 valence electrons. The summed E-state index contributed by atoms with van der Waals surface area (Å²) in [6.45, 7) is 7.51. The highest BCUT2D eigenvalue weighted by atomic mass is 32.1. The molecule has 0 aliphatic carbocycles. The summed E-state index contributed by atoms with van der Waals surface area (Å²) in [7, 11) is 1.32. The van der Waals surface area contributed by atoms with Crippen LogP contribution < -0.4 is 19.6 Å². The molecule has 9 heteroatoms. The van der Waals surface area contributed by atoms with Crippen LogP contribution in [0.1, 0.15) is 55.2 Å². The largest absolute Gasteiger partial charge is 0.491 e. The minimum absolute atomic E-state index is 0.110. The molecule has 2 aromatic carbocycles. The number of carbonyl (C=O) groups excluding carboxylic acids is 2. The van der Waals surface area contributed by atoms with E-state index in [0.29, 0.717) is 37.5 Å². The van der Waals surface area contributed by atoms with Crippen molar-refractivity contribution in [3.63, 3.8) is 0 Å². The molecule has 0 saturated carbocycles. The molecule has 0 bridgehead atoms. The van der Waals surface area contributed by atoms with Gasteiger partial charge in [-0.05, 0) is 57.5 Å². The maximum atomic E-state index is 13.8. The smallest absolute Gasteiger partial charge is 0.338 e. The number of nitrogens with zero attached hydrogens (tertiary/aromatic N) is 2. The van der Waals surface area contributed by atoms with E-state index in [9.17, 15) is 14.4 Å². The summed E-state index contributed by atoms with van der Waals surface area (Å²) in [6.07, 6.45) is 1.63. The lowest BCUT2D eigenvalue weighted by Crippen LogP contribution is -2.40. The number of para-hydroxylation sites is 1. The summed E-state index contributed by atoms with van der Waals surface area (Å²) in [5, 5.41) is 0. The fraction of sp³-hybridized carbons (Fsp3) is 0.286. The monoisotopic (exact) mass is 520 g/mol. The SMILES string of the molecule is CCOC(=O)C1=C(C)N=c2s/c(=C/c3ccc(C(=O)OC)cc3)c(=O)n2[C@H]1c1ccccc1OC(C)C. The molecule has 0 amide bonds. The maximum absolute atomic E-state index is 13.8. The second kappa shape index (κ2) is 11.0. The molecule has 1 aromatic heterocycles. The van der Waals surface area contributed by atoms with Gasteiger partial charge in [0.05, 0.1) is 41.2 Å². The van der Waals surface area contributed by atoms with Gasteiger partial charge >= 0.3 is 11.9 Å². The van der Waals surface area contributed by atoms with Gasteiger partial charge in [-0.2, -0.15) is 0 Å². The second-order valence-corrected chi connectivity index (χ2v) is 9.63. The van der Waals surface area contributed by atoms with Gasteiger partial charge in [-0.1, -0.05) is 41.7 Å². The van der Waals surface area contributed by atoms with Crippen molar-refractivity contribution < 1.29 is 23.8 Å². The number of esters is 2. The molecule has 3 aromatic rings. The summed E-state index contributed by atoms with van der Waals surface area (Å²) < 4.78 is 18.1. The van der Waals surface area contributed by atoms with Crippen LogP contribution in [0.4, 0.5) is 0 Å². The van der Waals surface area contributed by atoms with Crippen molar-refractivity contribution in [3.05, 3.63) is 96.2 Å². The van der Waals surface area contributed by atoms with Crippen LogP contribution in [-0.4, -0.2) is 36.3 Å². The highest BCUT2D eigenvalue weighted by Crippen LogP contribution is 2.36. The van der Waals surface area contributed by atoms with Gasteiger partial charge in [0.1, 0.15) is 11.8 Å². The Labute approximate surface area is 218 Å². The first-order valence-corrected chi connectivity index (χ1v) is 12.7. The highest BCUT2D eigenvalue weighted by molar-refractivity contribution is 7.07. The number of benzene rings is 2. The first-order chi connectivity index (χ1) is 17.7. The van der Waals surface area contributed by atoms with Gasteiger partial charge in [0.2, 0.25) is 0 Å². The Kier molecular flexibility index (Phi) is 7.73. The molecule has 37 heavy (non-hydrogen) atoms. The zero-order valence-electron chi connectivity index (χ0n) is 21.3. The molecule has 2 heterocycles. The van der Waals surface area contributed by atoms with Crippen LogP contribution in [0.25, 0.3) is 6.08 Å². The van der Waals surface area contributed by atoms with E-state index in [1.54, 1.807) is 44.2 Å². The van der Waals surface area contributed by atoms with Crippen LogP contribution in [0.3, 0.4) is 0 Å². The molecule has 1 aliphatic rings. The van der Waals surface area contributed by atoms with Crippen LogP contribution in [0.15, 0.2) is 69.6 Å². The summed E-state index contributed by atoms with van der Waals surface area (Å²) in [4.78, 5) is 43.7. The van der Waals surface area contributed by atoms with E-state index in [4.69, 9.17) is 14.2 Å². The van der Waals surface area contributed by atoms with Gasteiger partial charge in [-0.3, -0.25) is 9.36 Å². The van der Waals surface area contributed by atoms with Crippen LogP contribution in [0.5, 0.6) is 5.75 Å². The lowest BCUT2D eigenvalue weighted by atomic mass is 9.95. The van der Waals surface area contributed by atoms with Crippen molar-refractivity contribution in [1.82, 2.24) is 4.57 Å². The van der Waals surface area contributed by atoms with Gasteiger partial charge in [0, 0.05) is 5.56 Å².